The smallest absolute Gasteiger partial charge is 0.223 e. The zero-order valence-electron chi connectivity index (χ0n) is 14.1. The molecule has 1 fully saturated rings. The Hall–Kier alpha value is -0.610. The van der Waals surface area contributed by atoms with Crippen LogP contribution in [0.5, 0.6) is 0 Å². The summed E-state index contributed by atoms with van der Waals surface area (Å²) in [5.41, 5.74) is 0. The predicted molar refractivity (Wildman–Crippen MR) is 85.0 cm³/mol. The maximum Gasteiger partial charge on any atom is 0.223 e. The lowest BCUT2D eigenvalue weighted by Gasteiger charge is -2.30. The molecule has 1 atom stereocenters. The number of carbonyl (C=O) groups is 1. The molecule has 0 heterocycles. The molecular weight excluding hydrogens is 266 g/mol. The molecule has 0 aromatic carbocycles. The van der Waals surface area contributed by atoms with Crippen molar-refractivity contribution in [2.45, 2.75) is 59.5 Å². The number of rotatable bonds is 8. The van der Waals surface area contributed by atoms with Crippen molar-refractivity contribution in [3.8, 4) is 0 Å². The van der Waals surface area contributed by atoms with E-state index in [0.29, 0.717) is 31.6 Å². The summed E-state index contributed by atoms with van der Waals surface area (Å²) in [6.45, 7) is 9.89. The van der Waals surface area contributed by atoms with Crippen LogP contribution in [0.2, 0.25) is 0 Å². The van der Waals surface area contributed by atoms with Crippen molar-refractivity contribution in [2.75, 3.05) is 19.8 Å². The van der Waals surface area contributed by atoms with Crippen LogP contribution in [0.15, 0.2) is 0 Å². The SMILES string of the molecule is CC(C)COCC(O)CNC(=O)C1CCC(C(C)C)CC1. The van der Waals surface area contributed by atoms with Gasteiger partial charge in [-0.05, 0) is 43.4 Å². The molecule has 1 amide bonds. The van der Waals surface area contributed by atoms with E-state index < -0.39 is 6.10 Å². The average molecular weight is 299 g/mol. The minimum absolute atomic E-state index is 0.0973. The number of aliphatic hydroxyl groups excluding tert-OH is 1. The monoisotopic (exact) mass is 299 g/mol. The molecule has 21 heavy (non-hydrogen) atoms. The van der Waals surface area contributed by atoms with Crippen LogP contribution in [0.4, 0.5) is 0 Å². The molecule has 0 bridgehead atoms. The maximum atomic E-state index is 12.1. The Balaban J connectivity index is 2.16. The van der Waals surface area contributed by atoms with Gasteiger partial charge in [0.1, 0.15) is 0 Å². The van der Waals surface area contributed by atoms with Gasteiger partial charge in [0, 0.05) is 19.1 Å². The van der Waals surface area contributed by atoms with E-state index in [0.717, 1.165) is 31.6 Å². The van der Waals surface area contributed by atoms with Gasteiger partial charge in [0.05, 0.1) is 12.7 Å². The fraction of sp³-hybridized carbons (Fsp3) is 0.941. The van der Waals surface area contributed by atoms with Gasteiger partial charge in [-0.1, -0.05) is 27.7 Å². The fourth-order valence-corrected chi connectivity index (χ4v) is 2.91. The van der Waals surface area contributed by atoms with Gasteiger partial charge in [-0.15, -0.1) is 0 Å². The maximum absolute atomic E-state index is 12.1. The highest BCUT2D eigenvalue weighted by atomic mass is 16.5. The molecule has 4 nitrogen and oxygen atoms in total. The first kappa shape index (κ1) is 18.4. The minimum atomic E-state index is -0.611. The highest BCUT2D eigenvalue weighted by Crippen LogP contribution is 2.33. The van der Waals surface area contributed by atoms with Crippen LogP contribution in [0.1, 0.15) is 53.4 Å². The third kappa shape index (κ3) is 7.28. The molecule has 1 aliphatic rings. The van der Waals surface area contributed by atoms with Gasteiger partial charge in [-0.3, -0.25) is 4.79 Å². The molecule has 2 N–H and O–H groups in total. The summed E-state index contributed by atoms with van der Waals surface area (Å²) in [4.78, 5) is 12.1. The van der Waals surface area contributed by atoms with Crippen LogP contribution in [0.25, 0.3) is 0 Å². The third-order valence-corrected chi connectivity index (χ3v) is 4.36. The fourth-order valence-electron chi connectivity index (χ4n) is 2.91. The topological polar surface area (TPSA) is 58.6 Å². The van der Waals surface area contributed by atoms with Crippen LogP contribution in [0.3, 0.4) is 0 Å². The molecule has 0 aliphatic heterocycles. The second-order valence-electron chi connectivity index (χ2n) is 7.19. The number of hydrogen-bond acceptors (Lipinski definition) is 3. The Morgan fingerprint density at radius 3 is 2.29 bits per heavy atom. The van der Waals surface area contributed by atoms with Gasteiger partial charge < -0.3 is 15.2 Å². The Labute approximate surface area is 129 Å². The number of amides is 1. The van der Waals surface area contributed by atoms with Crippen molar-refractivity contribution in [1.29, 1.82) is 0 Å². The summed E-state index contributed by atoms with van der Waals surface area (Å²) in [6.07, 6.45) is 3.65. The van der Waals surface area contributed by atoms with E-state index in [1.165, 1.54) is 0 Å². The van der Waals surface area contributed by atoms with Crippen LogP contribution < -0.4 is 5.32 Å². The molecule has 0 aromatic heterocycles. The van der Waals surface area contributed by atoms with Crippen molar-refractivity contribution in [2.24, 2.45) is 23.7 Å². The highest BCUT2D eigenvalue weighted by molar-refractivity contribution is 5.78. The van der Waals surface area contributed by atoms with E-state index >= 15 is 0 Å². The van der Waals surface area contributed by atoms with Gasteiger partial charge in [0.15, 0.2) is 0 Å². The van der Waals surface area contributed by atoms with E-state index in [1.807, 2.05) is 0 Å². The Morgan fingerprint density at radius 1 is 1.14 bits per heavy atom. The molecule has 0 radical (unpaired) electrons. The van der Waals surface area contributed by atoms with Crippen LogP contribution >= 0.6 is 0 Å². The summed E-state index contributed by atoms with van der Waals surface area (Å²) in [5.74, 6) is 2.17. The molecule has 1 unspecified atom stereocenters. The minimum Gasteiger partial charge on any atom is -0.389 e. The Kier molecular flexibility index (Phi) is 8.27. The number of ether oxygens (including phenoxy) is 1. The first-order chi connectivity index (χ1) is 9.90. The Bertz CT molecular complexity index is 296. The molecule has 124 valence electrons. The molecular formula is C17H33NO3. The largest absolute Gasteiger partial charge is 0.389 e. The normalized spacial score (nSPS) is 24.3. The average Bonchev–Trinajstić information content (AvgIpc) is 2.44. The quantitative estimate of drug-likeness (QED) is 0.724. The van der Waals surface area contributed by atoms with E-state index in [9.17, 15) is 9.90 Å². The molecule has 1 aliphatic carbocycles. The van der Waals surface area contributed by atoms with Gasteiger partial charge >= 0.3 is 0 Å². The lowest BCUT2D eigenvalue weighted by molar-refractivity contribution is -0.127. The number of nitrogens with one attached hydrogen (secondary N) is 1. The van der Waals surface area contributed by atoms with Crippen molar-refractivity contribution < 1.29 is 14.6 Å². The van der Waals surface area contributed by atoms with Crippen molar-refractivity contribution >= 4 is 5.91 Å². The summed E-state index contributed by atoms with van der Waals surface area (Å²) < 4.78 is 5.37. The third-order valence-electron chi connectivity index (χ3n) is 4.36. The number of carbonyl (C=O) groups excluding carboxylic acids is 1. The Morgan fingerprint density at radius 2 is 1.76 bits per heavy atom. The standard InChI is InChI=1S/C17H33NO3/c1-12(2)10-21-11-16(19)9-18-17(20)15-7-5-14(6-8-15)13(3)4/h12-16,19H,5-11H2,1-4H3,(H,18,20). The van der Waals surface area contributed by atoms with Gasteiger partial charge in [0.25, 0.3) is 0 Å². The van der Waals surface area contributed by atoms with E-state index in [1.54, 1.807) is 0 Å². The van der Waals surface area contributed by atoms with Crippen LogP contribution in [-0.2, 0) is 9.53 Å². The van der Waals surface area contributed by atoms with Crippen molar-refractivity contribution in [3.05, 3.63) is 0 Å². The number of aliphatic hydroxyl groups is 1. The summed E-state index contributed by atoms with van der Waals surface area (Å²) in [5, 5.41) is 12.6. The summed E-state index contributed by atoms with van der Waals surface area (Å²) in [7, 11) is 0. The van der Waals surface area contributed by atoms with Crippen LogP contribution in [0, 0.1) is 23.7 Å². The van der Waals surface area contributed by atoms with Crippen molar-refractivity contribution in [1.82, 2.24) is 5.32 Å². The number of hydrogen-bond donors (Lipinski definition) is 2. The first-order valence-corrected chi connectivity index (χ1v) is 8.43. The van der Waals surface area contributed by atoms with E-state index in [-0.39, 0.29) is 11.8 Å². The molecule has 4 heteroatoms. The predicted octanol–water partition coefficient (Wildman–Crippen LogP) is 2.60. The summed E-state index contributed by atoms with van der Waals surface area (Å²) >= 11 is 0. The van der Waals surface area contributed by atoms with Gasteiger partial charge in [-0.2, -0.15) is 0 Å². The first-order valence-electron chi connectivity index (χ1n) is 8.43. The molecule has 0 aromatic rings. The second-order valence-corrected chi connectivity index (χ2v) is 7.19. The molecule has 0 saturated heterocycles. The van der Waals surface area contributed by atoms with Crippen molar-refractivity contribution in [3.63, 3.8) is 0 Å². The molecule has 1 rings (SSSR count). The molecule has 1 saturated carbocycles. The lowest BCUT2D eigenvalue weighted by atomic mass is 9.77. The van der Waals surface area contributed by atoms with E-state index in [4.69, 9.17) is 4.74 Å². The zero-order chi connectivity index (χ0) is 15.8. The van der Waals surface area contributed by atoms with E-state index in [2.05, 4.69) is 33.0 Å². The van der Waals surface area contributed by atoms with Crippen LogP contribution in [-0.4, -0.2) is 36.9 Å². The zero-order valence-corrected chi connectivity index (χ0v) is 14.1. The lowest BCUT2D eigenvalue weighted by Crippen LogP contribution is -2.39. The highest BCUT2D eigenvalue weighted by Gasteiger charge is 2.27. The summed E-state index contributed by atoms with van der Waals surface area (Å²) in [6, 6.07) is 0. The second kappa shape index (κ2) is 9.42. The van der Waals surface area contributed by atoms with Gasteiger partial charge in [0.2, 0.25) is 5.91 Å². The van der Waals surface area contributed by atoms with Gasteiger partial charge in [-0.25, -0.2) is 0 Å². The molecule has 0 spiro atoms.